The molecule has 10 heavy (non-hydrogen) atoms. The maximum absolute atomic E-state index is 4.03. The Hall–Kier alpha value is 0. The van der Waals surface area contributed by atoms with Crippen molar-refractivity contribution in [2.75, 3.05) is 0 Å². The highest BCUT2D eigenvalue weighted by molar-refractivity contribution is 4.64. The average Bonchev–Trinajstić information content (AvgIpc) is 1.99. The molecule has 2 unspecified atom stereocenters. The lowest BCUT2D eigenvalue weighted by molar-refractivity contribution is 0.465. The first-order valence-electron chi connectivity index (χ1n) is 4.36. The van der Waals surface area contributed by atoms with Crippen molar-refractivity contribution in [3.8, 4) is 0 Å². The quantitative estimate of drug-likeness (QED) is 0.548. The largest absolute Gasteiger partial charge is 0.0651 e. The molecule has 0 rings (SSSR count). The summed E-state index contributed by atoms with van der Waals surface area (Å²) in [6.45, 7) is 12.5. The zero-order chi connectivity index (χ0) is 7.98. The minimum Gasteiger partial charge on any atom is -0.0651 e. The molecule has 0 aliphatic carbocycles. The Bertz CT molecular complexity index is 56.4. The van der Waals surface area contributed by atoms with Crippen LogP contribution in [0.15, 0.2) is 0 Å². The smallest absolute Gasteiger partial charge is 0.0417 e. The highest BCUT2D eigenvalue weighted by atomic mass is 14.1. The van der Waals surface area contributed by atoms with Gasteiger partial charge in [-0.1, -0.05) is 53.4 Å². The summed E-state index contributed by atoms with van der Waals surface area (Å²) < 4.78 is 0. The molecule has 0 N–H and O–H groups in total. The summed E-state index contributed by atoms with van der Waals surface area (Å²) in [5, 5.41) is 0. The molecule has 0 aliphatic heterocycles. The predicted octanol–water partition coefficient (Wildman–Crippen LogP) is 3.49. The van der Waals surface area contributed by atoms with Gasteiger partial charge in [-0.15, -0.1) is 0 Å². The fourth-order valence-corrected chi connectivity index (χ4v) is 0.880. The SMILES string of the molecule is [CH2]C(CC)CCC([CH2])CC. The summed E-state index contributed by atoms with van der Waals surface area (Å²) in [7, 11) is 0. The van der Waals surface area contributed by atoms with Gasteiger partial charge in [-0.05, 0) is 11.8 Å². The molecule has 0 bridgehead atoms. The Morgan fingerprint density at radius 2 is 1.20 bits per heavy atom. The summed E-state index contributed by atoms with van der Waals surface area (Å²) in [5.41, 5.74) is 0. The molecule has 0 saturated heterocycles. The highest BCUT2D eigenvalue weighted by Gasteiger charge is 2.02. The molecule has 2 atom stereocenters. The first-order chi connectivity index (χ1) is 4.70. The van der Waals surface area contributed by atoms with Crippen LogP contribution in [0.1, 0.15) is 39.5 Å². The van der Waals surface area contributed by atoms with E-state index in [-0.39, 0.29) is 0 Å². The van der Waals surface area contributed by atoms with Gasteiger partial charge < -0.3 is 0 Å². The Kier molecular flexibility index (Phi) is 5.76. The average molecular weight is 140 g/mol. The van der Waals surface area contributed by atoms with E-state index in [1.165, 1.54) is 25.7 Å². The van der Waals surface area contributed by atoms with Crippen LogP contribution in [0, 0.1) is 25.7 Å². The van der Waals surface area contributed by atoms with E-state index < -0.39 is 0 Å². The summed E-state index contributed by atoms with van der Waals surface area (Å²) in [6.07, 6.45) is 4.91. The summed E-state index contributed by atoms with van der Waals surface area (Å²) in [5.74, 6) is 1.30. The zero-order valence-electron chi connectivity index (χ0n) is 7.40. The van der Waals surface area contributed by atoms with E-state index in [1.807, 2.05) is 0 Å². The molecule has 0 heterocycles. The van der Waals surface area contributed by atoms with Gasteiger partial charge in [0.25, 0.3) is 0 Å². The van der Waals surface area contributed by atoms with Crippen molar-refractivity contribution in [3.63, 3.8) is 0 Å². The Morgan fingerprint density at radius 1 is 0.900 bits per heavy atom. The minimum atomic E-state index is 0.649. The van der Waals surface area contributed by atoms with E-state index in [9.17, 15) is 0 Å². The van der Waals surface area contributed by atoms with Crippen molar-refractivity contribution in [2.24, 2.45) is 11.8 Å². The van der Waals surface area contributed by atoms with Crippen molar-refractivity contribution in [3.05, 3.63) is 13.8 Å². The molecule has 0 aromatic heterocycles. The van der Waals surface area contributed by atoms with Crippen LogP contribution in [0.4, 0.5) is 0 Å². The van der Waals surface area contributed by atoms with Gasteiger partial charge in [-0.3, -0.25) is 0 Å². The molecule has 0 amide bonds. The predicted molar refractivity (Wildman–Crippen MR) is 47.5 cm³/mol. The van der Waals surface area contributed by atoms with Crippen molar-refractivity contribution in [1.82, 2.24) is 0 Å². The van der Waals surface area contributed by atoms with E-state index in [1.54, 1.807) is 0 Å². The summed E-state index contributed by atoms with van der Waals surface area (Å²) in [4.78, 5) is 0. The monoisotopic (exact) mass is 140 g/mol. The van der Waals surface area contributed by atoms with Crippen LogP contribution in [0.25, 0.3) is 0 Å². The van der Waals surface area contributed by atoms with Gasteiger partial charge >= 0.3 is 0 Å². The van der Waals surface area contributed by atoms with Gasteiger partial charge in [0.15, 0.2) is 0 Å². The number of hydrogen-bond donors (Lipinski definition) is 0. The lowest BCUT2D eigenvalue weighted by Gasteiger charge is -2.11. The normalized spacial score (nSPS) is 16.8. The van der Waals surface area contributed by atoms with Gasteiger partial charge in [0.1, 0.15) is 0 Å². The third-order valence-electron chi connectivity index (χ3n) is 2.14. The topological polar surface area (TPSA) is 0 Å². The van der Waals surface area contributed by atoms with Crippen LogP contribution >= 0.6 is 0 Å². The minimum absolute atomic E-state index is 0.649. The van der Waals surface area contributed by atoms with Crippen LogP contribution < -0.4 is 0 Å². The van der Waals surface area contributed by atoms with Crippen LogP contribution in [-0.2, 0) is 0 Å². The van der Waals surface area contributed by atoms with E-state index >= 15 is 0 Å². The molecular formula is C10H20. The molecule has 0 spiro atoms. The van der Waals surface area contributed by atoms with Crippen LogP contribution in [0.2, 0.25) is 0 Å². The molecule has 0 aromatic carbocycles. The molecule has 0 heteroatoms. The van der Waals surface area contributed by atoms with Crippen molar-refractivity contribution < 1.29 is 0 Å². The van der Waals surface area contributed by atoms with E-state index in [0.717, 1.165) is 0 Å². The Morgan fingerprint density at radius 3 is 1.40 bits per heavy atom. The van der Waals surface area contributed by atoms with Gasteiger partial charge in [0.2, 0.25) is 0 Å². The fraction of sp³-hybridized carbons (Fsp3) is 0.800. The molecule has 0 aliphatic rings. The van der Waals surface area contributed by atoms with E-state index in [2.05, 4.69) is 27.7 Å². The third kappa shape index (κ3) is 4.84. The molecule has 60 valence electrons. The molecule has 0 fully saturated rings. The van der Waals surface area contributed by atoms with Crippen molar-refractivity contribution in [2.45, 2.75) is 39.5 Å². The molecule has 0 aromatic rings. The maximum Gasteiger partial charge on any atom is -0.0417 e. The first-order valence-corrected chi connectivity index (χ1v) is 4.36. The van der Waals surface area contributed by atoms with Gasteiger partial charge in [-0.2, -0.15) is 0 Å². The van der Waals surface area contributed by atoms with Crippen LogP contribution in [-0.4, -0.2) is 0 Å². The molecule has 0 saturated carbocycles. The molecular weight excluding hydrogens is 120 g/mol. The first kappa shape index (κ1) is 10.0. The van der Waals surface area contributed by atoms with Crippen molar-refractivity contribution in [1.29, 1.82) is 0 Å². The van der Waals surface area contributed by atoms with Crippen LogP contribution in [0.5, 0.6) is 0 Å². The number of rotatable bonds is 5. The van der Waals surface area contributed by atoms with E-state index in [4.69, 9.17) is 0 Å². The third-order valence-corrected chi connectivity index (χ3v) is 2.14. The van der Waals surface area contributed by atoms with Gasteiger partial charge in [0.05, 0.1) is 0 Å². The Labute approximate surface area is 66.0 Å². The highest BCUT2D eigenvalue weighted by Crippen LogP contribution is 2.15. The molecule has 0 nitrogen and oxygen atoms in total. The lowest BCUT2D eigenvalue weighted by atomic mass is 9.95. The lowest BCUT2D eigenvalue weighted by Crippen LogP contribution is -1.98. The number of hydrogen-bond acceptors (Lipinski definition) is 0. The second-order valence-electron chi connectivity index (χ2n) is 3.13. The Balaban J connectivity index is 3.17. The van der Waals surface area contributed by atoms with Crippen molar-refractivity contribution >= 4 is 0 Å². The van der Waals surface area contributed by atoms with Crippen LogP contribution in [0.3, 0.4) is 0 Å². The van der Waals surface area contributed by atoms with Gasteiger partial charge in [0, 0.05) is 0 Å². The summed E-state index contributed by atoms with van der Waals surface area (Å²) >= 11 is 0. The maximum atomic E-state index is 4.03. The standard InChI is InChI=1S/C10H20/c1-5-9(3)7-8-10(4)6-2/h9-10H,3-8H2,1-2H3. The second-order valence-corrected chi connectivity index (χ2v) is 3.13. The molecule has 2 radical (unpaired) electrons. The van der Waals surface area contributed by atoms with E-state index in [0.29, 0.717) is 11.8 Å². The second kappa shape index (κ2) is 5.76. The van der Waals surface area contributed by atoms with Gasteiger partial charge in [-0.25, -0.2) is 0 Å². The fourth-order valence-electron chi connectivity index (χ4n) is 0.880. The zero-order valence-corrected chi connectivity index (χ0v) is 7.40. The summed E-state index contributed by atoms with van der Waals surface area (Å²) in [6, 6.07) is 0.